The Kier molecular flexibility index (Phi) is 6.67. The van der Waals surface area contributed by atoms with Gasteiger partial charge >= 0.3 is 6.03 Å². The first kappa shape index (κ1) is 23.8. The number of hydroxylamine groups is 1. The molecule has 1 fully saturated rings. The first-order chi connectivity index (χ1) is 15.0. The van der Waals surface area contributed by atoms with Gasteiger partial charge in [-0.2, -0.15) is 0 Å². The van der Waals surface area contributed by atoms with Crippen LogP contribution >= 0.6 is 0 Å². The summed E-state index contributed by atoms with van der Waals surface area (Å²) in [6.45, 7) is 1.16. The smallest absolute Gasteiger partial charge is 0.328 e. The molecule has 1 saturated carbocycles. The van der Waals surface area contributed by atoms with E-state index < -0.39 is 26.6 Å². The predicted octanol–water partition coefficient (Wildman–Crippen LogP) is -0.685. The average molecular weight is 464 g/mol. The third-order valence-corrected chi connectivity index (χ3v) is 8.06. The fourth-order valence-corrected chi connectivity index (χ4v) is 4.42. The van der Waals surface area contributed by atoms with Crippen LogP contribution in [0.25, 0.3) is 0 Å². The zero-order valence-electron chi connectivity index (χ0n) is 17.7. The molecule has 0 aromatic carbocycles. The molecule has 4 N–H and O–H groups in total. The van der Waals surface area contributed by atoms with E-state index in [1.54, 1.807) is 12.3 Å². The second-order valence-electron chi connectivity index (χ2n) is 8.26. The minimum absolute atomic E-state index is 0.00619. The molecule has 2 heterocycles. The summed E-state index contributed by atoms with van der Waals surface area (Å²) in [5.41, 5.74) is 2.66. The summed E-state index contributed by atoms with van der Waals surface area (Å²) < 4.78 is 23.7. The highest BCUT2D eigenvalue weighted by Gasteiger charge is 2.44. The predicted molar refractivity (Wildman–Crippen MR) is 113 cm³/mol. The minimum atomic E-state index is -3.84. The van der Waals surface area contributed by atoms with Gasteiger partial charge in [0.2, 0.25) is 0 Å². The normalized spacial score (nSPS) is 22.0. The van der Waals surface area contributed by atoms with Crippen molar-refractivity contribution in [2.75, 3.05) is 19.4 Å². The van der Waals surface area contributed by atoms with E-state index in [2.05, 4.69) is 23.7 Å². The van der Waals surface area contributed by atoms with Crippen molar-refractivity contribution in [3.05, 3.63) is 23.5 Å². The van der Waals surface area contributed by atoms with Gasteiger partial charge in [-0.25, -0.2) is 18.7 Å². The third-order valence-electron chi connectivity index (χ3n) is 6.04. The maximum atomic E-state index is 12.6. The Balaban J connectivity index is 1.61. The third kappa shape index (κ3) is 4.66. The highest BCUT2D eigenvalue weighted by atomic mass is 32.2. The Bertz CT molecular complexity index is 1150. The van der Waals surface area contributed by atoms with Gasteiger partial charge in [-0.15, -0.1) is 0 Å². The maximum Gasteiger partial charge on any atom is 0.328 e. The Morgan fingerprint density at radius 3 is 2.72 bits per heavy atom. The molecule has 32 heavy (non-hydrogen) atoms. The van der Waals surface area contributed by atoms with Crippen molar-refractivity contribution in [1.29, 1.82) is 0 Å². The van der Waals surface area contributed by atoms with E-state index in [1.807, 2.05) is 0 Å². The van der Waals surface area contributed by atoms with Crippen molar-refractivity contribution >= 4 is 21.8 Å². The van der Waals surface area contributed by atoms with Crippen LogP contribution in [-0.2, 0) is 21.2 Å². The average Bonchev–Trinajstić information content (AvgIpc) is 3.32. The summed E-state index contributed by atoms with van der Waals surface area (Å²) in [5.74, 6) is 10.2. The van der Waals surface area contributed by atoms with Gasteiger partial charge in [0.05, 0.1) is 19.3 Å². The molecule has 172 valence electrons. The Hall–Kier alpha value is -2.83. The molecule has 0 bridgehead atoms. The molecule has 4 atom stereocenters. The maximum absolute atomic E-state index is 12.6. The molecule has 0 radical (unpaired) electrons. The molecular formula is C21H25N3O7S. The van der Waals surface area contributed by atoms with E-state index in [1.165, 1.54) is 21.9 Å². The summed E-state index contributed by atoms with van der Waals surface area (Å²) >= 11 is 0. The van der Waals surface area contributed by atoms with E-state index in [4.69, 9.17) is 10.3 Å². The van der Waals surface area contributed by atoms with Crippen molar-refractivity contribution in [2.45, 2.75) is 37.2 Å². The summed E-state index contributed by atoms with van der Waals surface area (Å²) in [6, 6.07) is 1.37. The summed E-state index contributed by atoms with van der Waals surface area (Å²) in [4.78, 5) is 26.0. The SMILES string of the molecule is C[C@@](CCN1Cc2cc(C#CC#C[C@@H]3C[C@H]3[C@H](O)CO)cn2C1=O)(C(=O)NO)S(C)(=O)=O. The molecule has 3 rings (SSSR count). The van der Waals surface area contributed by atoms with Crippen LogP contribution in [0.3, 0.4) is 0 Å². The summed E-state index contributed by atoms with van der Waals surface area (Å²) in [6.07, 6.45) is 2.28. The van der Waals surface area contributed by atoms with Gasteiger partial charge in [-0.3, -0.25) is 14.6 Å². The van der Waals surface area contributed by atoms with Gasteiger partial charge in [-0.05, 0) is 37.7 Å². The minimum Gasteiger partial charge on any atom is -0.394 e. The standard InChI is InChI=1S/C21H25N3O7S/c1-21(19(27)22-29,32(2,30)31)7-8-23-12-16-9-14(11-24(16)20(23)28)5-3-4-6-15-10-17(15)18(26)13-25/h9,11,15,17-18,25-26,29H,7-8,10,12-13H2,1-2H3,(H,22,27)/t15-,17-,18-,21-/m1/s1. The van der Waals surface area contributed by atoms with Crippen molar-refractivity contribution < 1.29 is 33.4 Å². The number of sulfone groups is 1. The lowest BCUT2D eigenvalue weighted by Crippen LogP contribution is -2.50. The van der Waals surface area contributed by atoms with Crippen LogP contribution in [0.4, 0.5) is 4.79 Å². The number of carbonyl (C=O) groups excluding carboxylic acids is 2. The molecule has 10 nitrogen and oxygen atoms in total. The van der Waals surface area contributed by atoms with Gasteiger partial charge in [-0.1, -0.05) is 11.8 Å². The first-order valence-corrected chi connectivity index (χ1v) is 11.9. The van der Waals surface area contributed by atoms with E-state index in [0.29, 0.717) is 11.3 Å². The fourth-order valence-electron chi connectivity index (χ4n) is 3.57. The molecule has 1 aromatic rings. The largest absolute Gasteiger partial charge is 0.394 e. The quantitative estimate of drug-likeness (QED) is 0.238. The van der Waals surface area contributed by atoms with Gasteiger partial charge in [0.25, 0.3) is 5.91 Å². The van der Waals surface area contributed by atoms with Crippen molar-refractivity contribution in [2.24, 2.45) is 11.8 Å². The van der Waals surface area contributed by atoms with Crippen molar-refractivity contribution in [3.8, 4) is 23.7 Å². The second-order valence-corrected chi connectivity index (χ2v) is 10.7. The van der Waals surface area contributed by atoms with E-state index in [0.717, 1.165) is 12.7 Å². The van der Waals surface area contributed by atoms with Gasteiger partial charge in [0.15, 0.2) is 14.6 Å². The number of aliphatic hydroxyl groups excluding tert-OH is 2. The van der Waals surface area contributed by atoms with Crippen LogP contribution in [0.5, 0.6) is 0 Å². The number of fused-ring (bicyclic) bond motifs is 1. The van der Waals surface area contributed by atoms with Crippen LogP contribution in [0.15, 0.2) is 12.3 Å². The Morgan fingerprint density at radius 2 is 2.12 bits per heavy atom. The molecule has 2 amide bonds. The molecule has 0 spiro atoms. The number of hydrogen-bond donors (Lipinski definition) is 4. The lowest BCUT2D eigenvalue weighted by atomic mass is 10.1. The number of hydrogen-bond acceptors (Lipinski definition) is 7. The number of aliphatic hydroxyl groups is 2. The molecule has 0 unspecified atom stereocenters. The highest BCUT2D eigenvalue weighted by Crippen LogP contribution is 2.40. The fraction of sp³-hybridized carbons (Fsp3) is 0.524. The van der Waals surface area contributed by atoms with Crippen LogP contribution in [0.2, 0.25) is 0 Å². The van der Waals surface area contributed by atoms with Crippen molar-refractivity contribution in [1.82, 2.24) is 14.9 Å². The summed E-state index contributed by atoms with van der Waals surface area (Å²) in [5, 5.41) is 27.3. The zero-order valence-corrected chi connectivity index (χ0v) is 18.5. The number of aromatic nitrogens is 1. The Morgan fingerprint density at radius 1 is 1.41 bits per heavy atom. The number of rotatable bonds is 7. The number of amides is 2. The zero-order chi connectivity index (χ0) is 23.7. The number of carbonyl (C=O) groups is 2. The number of nitrogens with one attached hydrogen (secondary N) is 1. The van der Waals surface area contributed by atoms with Gasteiger partial charge in [0.1, 0.15) is 0 Å². The van der Waals surface area contributed by atoms with E-state index in [-0.39, 0.29) is 44.0 Å². The molecule has 0 saturated heterocycles. The van der Waals surface area contributed by atoms with Crippen molar-refractivity contribution in [3.63, 3.8) is 0 Å². The van der Waals surface area contributed by atoms with Crippen LogP contribution < -0.4 is 5.48 Å². The lowest BCUT2D eigenvalue weighted by Gasteiger charge is -2.27. The van der Waals surface area contributed by atoms with E-state index in [9.17, 15) is 23.1 Å². The monoisotopic (exact) mass is 463 g/mol. The molecule has 2 aliphatic rings. The van der Waals surface area contributed by atoms with Gasteiger partial charge in [0, 0.05) is 42.1 Å². The lowest BCUT2D eigenvalue weighted by molar-refractivity contribution is -0.131. The Labute approximate surface area is 186 Å². The summed E-state index contributed by atoms with van der Waals surface area (Å²) in [7, 11) is -3.84. The molecule has 1 aliphatic carbocycles. The van der Waals surface area contributed by atoms with Gasteiger partial charge < -0.3 is 15.1 Å². The van der Waals surface area contributed by atoms with Crippen LogP contribution in [0, 0.1) is 35.5 Å². The first-order valence-electron chi connectivity index (χ1n) is 9.97. The van der Waals surface area contributed by atoms with E-state index >= 15 is 0 Å². The van der Waals surface area contributed by atoms with Crippen LogP contribution in [0.1, 0.15) is 31.0 Å². The second kappa shape index (κ2) is 8.96. The molecular weight excluding hydrogens is 438 g/mol. The molecule has 11 heteroatoms. The molecule has 1 aliphatic heterocycles. The number of nitrogens with zero attached hydrogens (tertiary/aromatic N) is 2. The topological polar surface area (TPSA) is 149 Å². The highest BCUT2D eigenvalue weighted by molar-refractivity contribution is 7.92. The molecule has 1 aromatic heterocycles. The van der Waals surface area contributed by atoms with Crippen LogP contribution in [-0.4, -0.2) is 75.5 Å².